The predicted octanol–water partition coefficient (Wildman–Crippen LogP) is -0.288. The van der Waals surface area contributed by atoms with Crippen LogP contribution in [0.4, 0.5) is 4.79 Å². The second kappa shape index (κ2) is 1.58. The predicted molar refractivity (Wildman–Crippen MR) is 16.6 cm³/mol. The van der Waals surface area contributed by atoms with Crippen LogP contribution in [-0.2, 0) is 4.74 Å². The highest BCUT2D eigenvalue weighted by Gasteiger charge is 1.76. The van der Waals surface area contributed by atoms with E-state index in [4.69, 9.17) is 1.41 Å². The van der Waals surface area contributed by atoms with E-state index < -0.39 is 6.09 Å². The van der Waals surface area contributed by atoms with Gasteiger partial charge in [-0.15, -0.1) is 0 Å². The molecule has 0 rings (SSSR count). The van der Waals surface area contributed by atoms with Gasteiger partial charge in [-0.05, 0) is 0 Å². The van der Waals surface area contributed by atoms with Crippen molar-refractivity contribution in [2.45, 2.75) is 0 Å². The first-order valence-corrected chi connectivity index (χ1v) is 1.07. The Kier molecular flexibility index (Phi) is 0.789. The summed E-state index contributed by atoms with van der Waals surface area (Å²) in [5.74, 6) is 0. The van der Waals surface area contributed by atoms with Gasteiger partial charge in [-0.25, -0.2) is 4.79 Å². The van der Waals surface area contributed by atoms with E-state index in [2.05, 4.69) is 4.74 Å². The van der Waals surface area contributed by atoms with E-state index in [0.717, 1.165) is 0 Å². The maximum Gasteiger partial charge on any atom is 0.404 e. The standard InChI is InChI=1S/C2H5NO2/c1-5-2(3)4/h1H3,(H2,3,4)/i/hD. The maximum atomic E-state index is 9.66. The molecule has 0 aliphatic heterocycles. The Morgan fingerprint density at radius 3 is 3.00 bits per heavy atom. The van der Waals surface area contributed by atoms with E-state index in [9.17, 15) is 4.79 Å². The number of hydrogen-bond donors (Lipinski definition) is 1. The highest BCUT2D eigenvalue weighted by Crippen LogP contribution is 1.55. The smallest absolute Gasteiger partial charge is 0.404 e. The minimum absolute atomic E-state index is 0.741. The Bertz CT molecular complexity index is 49.5. The molecule has 0 spiro atoms. The van der Waals surface area contributed by atoms with Crippen molar-refractivity contribution in [3.63, 3.8) is 0 Å². The molecule has 0 aromatic carbocycles. The molecule has 3 heteroatoms. The van der Waals surface area contributed by atoms with Crippen molar-refractivity contribution in [2.75, 3.05) is 7.11 Å². The Balaban J connectivity index is 2.99. The van der Waals surface area contributed by atoms with Gasteiger partial charge in [0.05, 0.1) is 7.11 Å². The first kappa shape index (κ1) is 2.50. The van der Waals surface area contributed by atoms with Crippen molar-refractivity contribution in [2.24, 2.45) is 5.73 Å². The molecular formula is C2H5NO2. The van der Waals surface area contributed by atoms with Crippen molar-refractivity contribution >= 4 is 6.09 Å². The van der Waals surface area contributed by atoms with Crippen LogP contribution in [0.1, 0.15) is 0 Å². The number of amides is 1. The third kappa shape index (κ3) is 3.27. The van der Waals surface area contributed by atoms with E-state index in [1.807, 2.05) is 0 Å². The van der Waals surface area contributed by atoms with Gasteiger partial charge in [0.1, 0.15) is 0 Å². The zero-order valence-electron chi connectivity index (χ0n) is 3.82. The summed E-state index contributed by atoms with van der Waals surface area (Å²) in [6.07, 6.45) is -0.741. The molecule has 0 aromatic heterocycles. The minimum atomic E-state index is -0.741. The Hall–Kier alpha value is -0.730. The molecular weight excluding hydrogens is 70.0 g/mol. The molecule has 0 saturated carbocycles. The summed E-state index contributed by atoms with van der Waals surface area (Å²) in [6, 6.07) is 0. The van der Waals surface area contributed by atoms with E-state index in [-0.39, 0.29) is 0 Å². The van der Waals surface area contributed by atoms with Crippen molar-refractivity contribution in [1.29, 1.82) is 0 Å². The molecule has 2 N–H and O–H groups in total. The molecule has 0 saturated heterocycles. The third-order valence-electron chi connectivity index (χ3n) is 0.185. The second-order valence-electron chi connectivity index (χ2n) is 0.492. The first-order chi connectivity index (χ1) is 2.81. The SMILES string of the molecule is [2H]NC(=O)OC. The Morgan fingerprint density at radius 2 is 3.00 bits per heavy atom. The van der Waals surface area contributed by atoms with Crippen LogP contribution >= 0.6 is 0 Å². The lowest BCUT2D eigenvalue weighted by atomic mass is 11.3. The van der Waals surface area contributed by atoms with Crippen LogP contribution in [0.15, 0.2) is 0 Å². The van der Waals surface area contributed by atoms with Gasteiger partial charge in [-0.1, -0.05) is 0 Å². The van der Waals surface area contributed by atoms with Crippen LogP contribution < -0.4 is 5.73 Å². The maximum absolute atomic E-state index is 9.66. The van der Waals surface area contributed by atoms with Crippen LogP contribution in [0.25, 0.3) is 0 Å². The summed E-state index contributed by atoms with van der Waals surface area (Å²) in [6.45, 7) is 0. The lowest BCUT2D eigenvalue weighted by Crippen LogP contribution is -2.08. The Morgan fingerprint density at radius 1 is 2.40 bits per heavy atom. The molecule has 0 fully saturated rings. The fourth-order valence-electron chi connectivity index (χ4n) is 0. The number of hydrogen-bond acceptors (Lipinski definition) is 2. The molecule has 0 bridgehead atoms. The zero-order valence-corrected chi connectivity index (χ0v) is 2.82. The summed E-state index contributed by atoms with van der Waals surface area (Å²) in [4.78, 5) is 9.66. The summed E-state index contributed by atoms with van der Waals surface area (Å²) in [7, 11) is 1.20. The number of rotatable bonds is 0. The molecule has 0 aliphatic carbocycles. The van der Waals surface area contributed by atoms with Gasteiger partial charge in [0.25, 0.3) is 0 Å². The van der Waals surface area contributed by atoms with Crippen molar-refractivity contribution in [3.8, 4) is 0 Å². The normalized spacial score (nSPS) is 8.60. The number of methoxy groups -OCH3 is 1. The summed E-state index contributed by atoms with van der Waals surface area (Å²) in [5.41, 5.74) is 1.50. The lowest BCUT2D eigenvalue weighted by molar-refractivity contribution is 0.182. The average Bonchev–Trinajstić information content (AvgIpc) is 1.65. The van der Waals surface area contributed by atoms with Gasteiger partial charge in [-0.3, -0.25) is 0 Å². The van der Waals surface area contributed by atoms with E-state index in [1.54, 1.807) is 0 Å². The fraction of sp³-hybridized carbons (Fsp3) is 0.500. The van der Waals surface area contributed by atoms with Crippen molar-refractivity contribution in [3.05, 3.63) is 0 Å². The zero-order chi connectivity index (χ0) is 4.99. The molecule has 0 unspecified atom stereocenters. The number of ether oxygens (including phenoxy) is 1. The molecule has 30 valence electrons. The highest BCUT2D eigenvalue weighted by molar-refractivity contribution is 5.64. The number of primary amides is 1. The van der Waals surface area contributed by atoms with Crippen molar-refractivity contribution in [1.82, 2.24) is 0 Å². The molecule has 0 radical (unpaired) electrons. The monoisotopic (exact) mass is 76.0 g/mol. The largest absolute Gasteiger partial charge is 0.453 e. The van der Waals surface area contributed by atoms with Gasteiger partial charge < -0.3 is 10.5 Å². The summed E-state index contributed by atoms with van der Waals surface area (Å²) in [5, 5.41) is 0. The molecule has 0 aromatic rings. The third-order valence-corrected chi connectivity index (χ3v) is 0.185. The molecule has 0 heterocycles. The number of carbonyl (C=O) groups is 1. The van der Waals surface area contributed by atoms with Crippen LogP contribution in [0.2, 0.25) is 1.41 Å². The molecule has 5 heavy (non-hydrogen) atoms. The minimum Gasteiger partial charge on any atom is -0.453 e. The average molecular weight is 76.1 g/mol. The fourth-order valence-corrected chi connectivity index (χ4v) is 0. The highest BCUT2D eigenvalue weighted by atomic mass is 16.5. The van der Waals surface area contributed by atoms with E-state index in [1.165, 1.54) is 12.8 Å². The molecule has 0 aliphatic rings. The van der Waals surface area contributed by atoms with Gasteiger partial charge in [0.15, 0.2) is 1.41 Å². The lowest BCUT2D eigenvalue weighted by Gasteiger charge is -1.81. The molecule has 3 nitrogen and oxygen atoms in total. The molecule has 0 atom stereocenters. The number of carbonyl (C=O) groups excluding carboxylic acids is 1. The van der Waals surface area contributed by atoms with E-state index >= 15 is 0 Å². The first-order valence-electron chi connectivity index (χ1n) is 1.57. The summed E-state index contributed by atoms with van der Waals surface area (Å²) >= 11 is 0. The van der Waals surface area contributed by atoms with Crippen LogP contribution in [0.5, 0.6) is 0 Å². The number of nitrogens with two attached hydrogens (primary N) is 1. The van der Waals surface area contributed by atoms with E-state index in [0.29, 0.717) is 0 Å². The molecule has 1 amide bonds. The van der Waals surface area contributed by atoms with Gasteiger partial charge in [0.2, 0.25) is 0 Å². The second-order valence-corrected chi connectivity index (χ2v) is 0.492. The van der Waals surface area contributed by atoms with Crippen LogP contribution in [0, 0.1) is 0 Å². The summed E-state index contributed by atoms with van der Waals surface area (Å²) < 4.78 is 10.0. The van der Waals surface area contributed by atoms with Gasteiger partial charge in [-0.2, -0.15) is 0 Å². The Labute approximate surface area is 31.2 Å². The van der Waals surface area contributed by atoms with Gasteiger partial charge >= 0.3 is 6.09 Å². The van der Waals surface area contributed by atoms with Crippen molar-refractivity contribution < 1.29 is 10.9 Å². The van der Waals surface area contributed by atoms with Crippen LogP contribution in [-0.4, -0.2) is 13.2 Å². The van der Waals surface area contributed by atoms with Crippen LogP contribution in [0.3, 0.4) is 0 Å². The topological polar surface area (TPSA) is 52.3 Å². The quantitative estimate of drug-likeness (QED) is 0.431. The van der Waals surface area contributed by atoms with Gasteiger partial charge in [0, 0.05) is 0 Å².